The number of alkyl halides is 3. The van der Waals surface area contributed by atoms with Crippen LogP contribution in [0.4, 0.5) is 13.2 Å². The van der Waals surface area contributed by atoms with Crippen LogP contribution in [-0.2, 0) is 35.3 Å². The summed E-state index contributed by atoms with van der Waals surface area (Å²) in [7, 11) is 0. The number of nitrogens with zero attached hydrogens (tertiary/aromatic N) is 1. The lowest BCUT2D eigenvalue weighted by Gasteiger charge is -2.30. The fraction of sp³-hybridized carbons (Fsp3) is 0.303. The molecule has 1 aromatic heterocycles. The van der Waals surface area contributed by atoms with E-state index in [0.29, 0.717) is 16.7 Å². The maximum atomic E-state index is 13.0. The summed E-state index contributed by atoms with van der Waals surface area (Å²) in [6.45, 7) is 3.98. The van der Waals surface area contributed by atoms with Crippen LogP contribution in [0.25, 0.3) is 11.0 Å². The molecular formula is C33H33F3N2O5. The van der Waals surface area contributed by atoms with Gasteiger partial charge in [0.05, 0.1) is 11.6 Å². The van der Waals surface area contributed by atoms with Crippen molar-refractivity contribution in [2.45, 2.75) is 64.8 Å². The number of carboxylic acids is 1. The zero-order chi connectivity index (χ0) is 31.1. The molecule has 0 saturated heterocycles. The molecule has 2 N–H and O–H groups in total. The minimum atomic E-state index is -4.52. The summed E-state index contributed by atoms with van der Waals surface area (Å²) >= 11 is 0. The van der Waals surface area contributed by atoms with Gasteiger partial charge in [0.2, 0.25) is 0 Å². The van der Waals surface area contributed by atoms with E-state index in [9.17, 15) is 32.7 Å². The molecule has 0 bridgehead atoms. The molecule has 4 rings (SSSR count). The first-order chi connectivity index (χ1) is 20.5. The number of aliphatic carboxylic acids is 1. The van der Waals surface area contributed by atoms with Gasteiger partial charge in [0.25, 0.3) is 5.91 Å². The summed E-state index contributed by atoms with van der Waals surface area (Å²) in [5.41, 5.74) is 2.17. The Kier molecular flexibility index (Phi) is 9.90. The Morgan fingerprint density at radius 3 is 2.23 bits per heavy atom. The van der Waals surface area contributed by atoms with Crippen molar-refractivity contribution in [3.8, 4) is 0 Å². The molecule has 0 fully saturated rings. The van der Waals surface area contributed by atoms with Gasteiger partial charge in [-0.1, -0.05) is 62.7 Å². The van der Waals surface area contributed by atoms with Gasteiger partial charge in [-0.05, 0) is 54.3 Å². The first-order valence-corrected chi connectivity index (χ1v) is 14.1. The number of hydrogen-bond donors (Lipinski definition) is 2. The number of para-hydroxylation sites is 1. The number of carbonyl (C=O) groups excluding carboxylic acids is 2. The minimum absolute atomic E-state index is 0.117. The number of amides is 2. The van der Waals surface area contributed by atoms with E-state index in [0.717, 1.165) is 58.6 Å². The van der Waals surface area contributed by atoms with Crippen molar-refractivity contribution in [3.05, 3.63) is 106 Å². The summed E-state index contributed by atoms with van der Waals surface area (Å²) in [4.78, 5) is 38.4. The number of carboxylic acid groups (broad SMARTS) is 1. The minimum Gasteiger partial charge on any atom is -0.474 e. The van der Waals surface area contributed by atoms with E-state index in [1.807, 2.05) is 24.3 Å². The second-order valence-electron chi connectivity index (χ2n) is 10.3. The number of aryl methyl sites for hydroxylation is 1. The highest BCUT2D eigenvalue weighted by Gasteiger charge is 2.32. The highest BCUT2D eigenvalue weighted by Crippen LogP contribution is 2.32. The Bertz CT molecular complexity index is 1580. The fourth-order valence-electron chi connectivity index (χ4n) is 5.09. The molecular weight excluding hydrogens is 561 g/mol. The summed E-state index contributed by atoms with van der Waals surface area (Å²) in [6, 6.07) is 17.6. The van der Waals surface area contributed by atoms with Crippen LogP contribution >= 0.6 is 0 Å². The van der Waals surface area contributed by atoms with Crippen LogP contribution in [-0.4, -0.2) is 27.8 Å². The molecule has 0 spiro atoms. The van der Waals surface area contributed by atoms with Gasteiger partial charge in [-0.15, -0.1) is 0 Å². The summed E-state index contributed by atoms with van der Waals surface area (Å²) in [5, 5.41) is 13.4. The van der Waals surface area contributed by atoms with Crippen LogP contribution in [0.3, 0.4) is 0 Å². The van der Waals surface area contributed by atoms with Crippen molar-refractivity contribution < 1.29 is 37.1 Å². The molecule has 0 radical (unpaired) electrons. The lowest BCUT2D eigenvalue weighted by Crippen LogP contribution is -2.38. The molecule has 4 aromatic rings. The summed E-state index contributed by atoms with van der Waals surface area (Å²) in [5.74, 6) is -2.32. The third-order valence-electron chi connectivity index (χ3n) is 7.36. The first-order valence-electron chi connectivity index (χ1n) is 14.1. The molecule has 1 unspecified atom stereocenters. The van der Waals surface area contributed by atoms with Crippen LogP contribution in [0.2, 0.25) is 0 Å². The van der Waals surface area contributed by atoms with Gasteiger partial charge in [-0.3, -0.25) is 9.59 Å². The second kappa shape index (κ2) is 13.6. The topological polar surface area (TPSA) is 99.9 Å². The van der Waals surface area contributed by atoms with Crippen molar-refractivity contribution in [3.63, 3.8) is 0 Å². The van der Waals surface area contributed by atoms with Crippen LogP contribution in [0.15, 0.2) is 77.2 Å². The number of halogens is 3. The van der Waals surface area contributed by atoms with Crippen molar-refractivity contribution in [2.24, 2.45) is 0 Å². The SMILES string of the molecule is CCCCc1oc2ccccc2c1CNC(=O)c1ccc(CN(C(=O)C(=O)O)C(CC)c2ccc(C(F)(F)F)cc2)cc1. The van der Waals surface area contributed by atoms with Gasteiger partial charge >= 0.3 is 18.1 Å². The molecule has 0 aliphatic carbocycles. The third kappa shape index (κ3) is 7.43. The molecule has 0 aliphatic rings. The van der Waals surface area contributed by atoms with Gasteiger partial charge in [-0.2, -0.15) is 13.2 Å². The van der Waals surface area contributed by atoms with Crippen molar-refractivity contribution >= 4 is 28.8 Å². The maximum Gasteiger partial charge on any atom is 0.416 e. The van der Waals surface area contributed by atoms with Crippen molar-refractivity contribution in [2.75, 3.05) is 0 Å². The Morgan fingerprint density at radius 2 is 1.63 bits per heavy atom. The number of unbranched alkanes of at least 4 members (excludes halogenated alkanes) is 1. The summed E-state index contributed by atoms with van der Waals surface area (Å²) < 4.78 is 45.2. The standard InChI is InChI=1S/C33H33F3N2O5/c1-3-5-9-29-26(25-8-6-7-10-28(25)43-29)19-37-30(39)23-13-11-21(12-14-23)20-38(31(40)32(41)42)27(4-2)22-15-17-24(18-16-22)33(34,35)36/h6-8,10-18,27H,3-5,9,19-20H2,1-2H3,(H,37,39)(H,41,42). The highest BCUT2D eigenvalue weighted by atomic mass is 19.4. The molecule has 1 heterocycles. The number of furan rings is 1. The zero-order valence-electron chi connectivity index (χ0n) is 23.9. The molecule has 43 heavy (non-hydrogen) atoms. The number of fused-ring (bicyclic) bond motifs is 1. The molecule has 226 valence electrons. The average molecular weight is 595 g/mol. The highest BCUT2D eigenvalue weighted by molar-refractivity contribution is 6.31. The predicted octanol–water partition coefficient (Wildman–Crippen LogP) is 7.29. The van der Waals surface area contributed by atoms with Gasteiger partial charge < -0.3 is 19.7 Å². The normalized spacial score (nSPS) is 12.2. The van der Waals surface area contributed by atoms with E-state index in [-0.39, 0.29) is 25.4 Å². The van der Waals surface area contributed by atoms with Gasteiger partial charge in [0.15, 0.2) is 0 Å². The number of carbonyl (C=O) groups is 3. The lowest BCUT2D eigenvalue weighted by atomic mass is 9.99. The smallest absolute Gasteiger partial charge is 0.416 e. The van der Waals surface area contributed by atoms with E-state index in [1.165, 1.54) is 12.1 Å². The van der Waals surface area contributed by atoms with Gasteiger partial charge in [0.1, 0.15) is 11.3 Å². The maximum absolute atomic E-state index is 13.0. The number of benzene rings is 3. The number of nitrogens with one attached hydrogen (secondary N) is 1. The average Bonchev–Trinajstić information content (AvgIpc) is 3.35. The Morgan fingerprint density at radius 1 is 0.953 bits per heavy atom. The van der Waals surface area contributed by atoms with Crippen LogP contribution in [0, 0.1) is 0 Å². The third-order valence-corrected chi connectivity index (χ3v) is 7.36. The van der Waals surface area contributed by atoms with Gasteiger partial charge in [-0.25, -0.2) is 4.79 Å². The molecule has 3 aromatic carbocycles. The molecule has 2 amide bonds. The predicted molar refractivity (Wildman–Crippen MR) is 155 cm³/mol. The molecule has 7 nitrogen and oxygen atoms in total. The Labute approximate surface area is 247 Å². The van der Waals surface area contributed by atoms with Crippen molar-refractivity contribution in [1.29, 1.82) is 0 Å². The lowest BCUT2D eigenvalue weighted by molar-refractivity contribution is -0.157. The van der Waals surface area contributed by atoms with Crippen LogP contribution in [0.5, 0.6) is 0 Å². The molecule has 1 atom stereocenters. The van der Waals surface area contributed by atoms with E-state index in [2.05, 4.69) is 12.2 Å². The van der Waals surface area contributed by atoms with Gasteiger partial charge in [0, 0.05) is 36.0 Å². The second-order valence-corrected chi connectivity index (χ2v) is 10.3. The largest absolute Gasteiger partial charge is 0.474 e. The Balaban J connectivity index is 1.49. The molecule has 0 saturated carbocycles. The molecule has 10 heteroatoms. The monoisotopic (exact) mass is 594 g/mol. The quantitative estimate of drug-likeness (QED) is 0.178. The van der Waals surface area contributed by atoms with E-state index in [1.54, 1.807) is 31.2 Å². The zero-order valence-corrected chi connectivity index (χ0v) is 23.9. The van der Waals surface area contributed by atoms with Crippen LogP contribution in [0.1, 0.15) is 77.5 Å². The van der Waals surface area contributed by atoms with Crippen molar-refractivity contribution in [1.82, 2.24) is 10.2 Å². The number of rotatable bonds is 11. The molecule has 0 aliphatic heterocycles. The van der Waals surface area contributed by atoms with E-state index < -0.39 is 29.7 Å². The Hall–Kier alpha value is -4.60. The van der Waals surface area contributed by atoms with E-state index in [4.69, 9.17) is 4.42 Å². The first kappa shape index (κ1) is 31.3. The van der Waals surface area contributed by atoms with Crippen LogP contribution < -0.4 is 5.32 Å². The van der Waals surface area contributed by atoms with E-state index >= 15 is 0 Å². The number of hydrogen-bond acceptors (Lipinski definition) is 4. The fourth-order valence-corrected chi connectivity index (χ4v) is 5.09. The summed E-state index contributed by atoms with van der Waals surface area (Å²) in [6.07, 6.45) is -1.51.